The molecule has 1 aliphatic heterocycles. The van der Waals surface area contributed by atoms with Crippen molar-refractivity contribution in [3.63, 3.8) is 0 Å². The van der Waals surface area contributed by atoms with Gasteiger partial charge in [-0.2, -0.15) is 13.2 Å². The molecule has 1 aromatic carbocycles. The lowest BCUT2D eigenvalue weighted by atomic mass is 10.0. The summed E-state index contributed by atoms with van der Waals surface area (Å²) in [5.41, 5.74) is -1.15. The maximum Gasteiger partial charge on any atom is 0.430 e. The molecule has 0 bridgehead atoms. The van der Waals surface area contributed by atoms with Crippen molar-refractivity contribution < 1.29 is 36.2 Å². The van der Waals surface area contributed by atoms with Crippen LogP contribution in [0.2, 0.25) is 0 Å². The first-order chi connectivity index (χ1) is 9.50. The van der Waals surface area contributed by atoms with E-state index in [1.165, 1.54) is 0 Å². The van der Waals surface area contributed by atoms with Crippen LogP contribution >= 0.6 is 0 Å². The second-order valence-corrected chi connectivity index (χ2v) is 5.75. The molecule has 0 aromatic heterocycles. The zero-order chi connectivity index (χ0) is 16.0. The van der Waals surface area contributed by atoms with Crippen LogP contribution in [0, 0.1) is 0 Å². The van der Waals surface area contributed by atoms with E-state index in [1.807, 2.05) is 0 Å². The molecule has 0 saturated heterocycles. The van der Waals surface area contributed by atoms with Gasteiger partial charge < -0.3 is 9.84 Å². The fourth-order valence-electron chi connectivity index (χ4n) is 1.77. The predicted molar refractivity (Wildman–Crippen MR) is 63.9 cm³/mol. The number of nitrogens with two attached hydrogens (primary N) is 1. The molecule has 0 spiro atoms. The van der Waals surface area contributed by atoms with Gasteiger partial charge in [0.15, 0.2) is 0 Å². The lowest BCUT2D eigenvalue weighted by molar-refractivity contribution is -0.187. The molecule has 1 heterocycles. The Kier molecular flexibility index (Phi) is 3.46. The summed E-state index contributed by atoms with van der Waals surface area (Å²) < 4.78 is 65.3. The lowest BCUT2D eigenvalue weighted by Gasteiger charge is -2.27. The van der Waals surface area contributed by atoms with E-state index in [0.717, 1.165) is 18.2 Å². The van der Waals surface area contributed by atoms with Gasteiger partial charge in [-0.05, 0) is 24.3 Å². The summed E-state index contributed by atoms with van der Waals surface area (Å²) in [6.07, 6.45) is -6.82. The summed E-state index contributed by atoms with van der Waals surface area (Å²) in [4.78, 5) is 10.5. The Hall–Kier alpha value is -2.07. The summed E-state index contributed by atoms with van der Waals surface area (Å²) in [5.74, 6) is -2.10. The number of aliphatic carboxylic acids is 1. The van der Waals surface area contributed by atoms with Gasteiger partial charge in [-0.15, -0.1) is 0 Å². The quantitative estimate of drug-likeness (QED) is 0.848. The molecule has 6 nitrogen and oxygen atoms in total. The first-order valence-corrected chi connectivity index (χ1v) is 6.90. The molecular weight excluding hydrogens is 315 g/mol. The number of ether oxygens (including phenoxy) is 1. The van der Waals surface area contributed by atoms with Gasteiger partial charge in [0.2, 0.25) is 16.1 Å². The fourth-order valence-corrected chi connectivity index (χ4v) is 2.32. The number of carboxylic acid groups (broad SMARTS) is 1. The average Bonchev–Trinajstić information content (AvgIpc) is 2.34. The van der Waals surface area contributed by atoms with Crippen LogP contribution in [0.25, 0.3) is 6.08 Å². The molecule has 3 N–H and O–H groups in total. The highest BCUT2D eigenvalue weighted by atomic mass is 32.2. The number of alkyl halides is 3. The summed E-state index contributed by atoms with van der Waals surface area (Å²) >= 11 is 0. The van der Waals surface area contributed by atoms with Gasteiger partial charge in [0, 0.05) is 5.56 Å². The topological polar surface area (TPSA) is 107 Å². The number of rotatable bonds is 2. The number of carboxylic acids is 1. The maximum absolute atomic E-state index is 12.8. The van der Waals surface area contributed by atoms with Crippen LogP contribution in [0.15, 0.2) is 28.7 Å². The van der Waals surface area contributed by atoms with Gasteiger partial charge in [-0.3, -0.25) is 0 Å². The molecule has 0 amide bonds. The van der Waals surface area contributed by atoms with E-state index in [-0.39, 0.29) is 16.2 Å². The standard InChI is InChI=1S/C11H8F3NO5S/c12-11(13,14)9-7(10(16)17)4-5-3-6(21(15,18)19)1-2-8(5)20-9/h1-4,9H,(H,16,17)(H2,15,18,19)/t9-/m0/s1. The Morgan fingerprint density at radius 1 is 1.33 bits per heavy atom. The third-order valence-electron chi connectivity index (χ3n) is 2.69. The lowest BCUT2D eigenvalue weighted by Crippen LogP contribution is -2.40. The molecule has 0 fully saturated rings. The zero-order valence-corrected chi connectivity index (χ0v) is 10.9. The Bertz CT molecular complexity index is 739. The number of primary sulfonamides is 1. The molecular formula is C11H8F3NO5S. The fraction of sp³-hybridized carbons (Fsp3) is 0.182. The van der Waals surface area contributed by atoms with E-state index in [1.54, 1.807) is 0 Å². The Morgan fingerprint density at radius 3 is 2.43 bits per heavy atom. The summed E-state index contributed by atoms with van der Waals surface area (Å²) in [5, 5.41) is 13.7. The minimum atomic E-state index is -4.92. The second-order valence-electron chi connectivity index (χ2n) is 4.19. The van der Waals surface area contributed by atoms with Gasteiger partial charge in [-0.1, -0.05) is 0 Å². The van der Waals surface area contributed by atoms with Gasteiger partial charge in [0.1, 0.15) is 5.75 Å². The molecule has 1 aromatic rings. The first-order valence-electron chi connectivity index (χ1n) is 5.35. The number of carbonyl (C=O) groups is 1. The molecule has 2 rings (SSSR count). The molecule has 0 aliphatic carbocycles. The molecule has 1 atom stereocenters. The SMILES string of the molecule is NS(=O)(=O)c1ccc2c(c1)C=C(C(=O)O)[C@@H](C(F)(F)F)O2. The van der Waals surface area contributed by atoms with Crippen LogP contribution in [0.5, 0.6) is 5.75 Å². The molecule has 21 heavy (non-hydrogen) atoms. The van der Waals surface area contributed by atoms with Crippen molar-refractivity contribution in [1.29, 1.82) is 0 Å². The number of sulfonamides is 1. The van der Waals surface area contributed by atoms with E-state index < -0.39 is 33.8 Å². The molecule has 0 radical (unpaired) electrons. The van der Waals surface area contributed by atoms with Crippen molar-refractivity contribution in [2.24, 2.45) is 5.14 Å². The van der Waals surface area contributed by atoms with Crippen LogP contribution in [-0.4, -0.2) is 31.8 Å². The predicted octanol–water partition coefficient (Wildman–Crippen LogP) is 1.13. The molecule has 0 saturated carbocycles. The number of fused-ring (bicyclic) bond motifs is 1. The van der Waals surface area contributed by atoms with Gasteiger partial charge >= 0.3 is 12.1 Å². The van der Waals surface area contributed by atoms with Gasteiger partial charge in [-0.25, -0.2) is 18.4 Å². The first kappa shape index (κ1) is 15.3. The van der Waals surface area contributed by atoms with Crippen LogP contribution in [0.1, 0.15) is 5.56 Å². The highest BCUT2D eigenvalue weighted by Crippen LogP contribution is 2.37. The number of benzene rings is 1. The smallest absolute Gasteiger partial charge is 0.430 e. The highest BCUT2D eigenvalue weighted by molar-refractivity contribution is 7.89. The number of hydrogen-bond acceptors (Lipinski definition) is 4. The minimum absolute atomic E-state index is 0.112. The third kappa shape index (κ3) is 3.00. The second kappa shape index (κ2) is 4.74. The van der Waals surface area contributed by atoms with Crippen LogP contribution < -0.4 is 9.88 Å². The van der Waals surface area contributed by atoms with Crippen molar-refractivity contribution in [3.05, 3.63) is 29.3 Å². The van der Waals surface area contributed by atoms with Crippen molar-refractivity contribution in [1.82, 2.24) is 0 Å². The Morgan fingerprint density at radius 2 is 1.95 bits per heavy atom. The van der Waals surface area contributed by atoms with Crippen molar-refractivity contribution in [2.75, 3.05) is 0 Å². The maximum atomic E-state index is 12.8. The van der Waals surface area contributed by atoms with E-state index in [2.05, 4.69) is 4.74 Å². The number of halogens is 3. The molecule has 0 unspecified atom stereocenters. The van der Waals surface area contributed by atoms with Crippen molar-refractivity contribution >= 4 is 22.1 Å². The van der Waals surface area contributed by atoms with E-state index in [4.69, 9.17) is 10.2 Å². The molecule has 1 aliphatic rings. The molecule has 114 valence electrons. The largest absolute Gasteiger partial charge is 0.478 e. The van der Waals surface area contributed by atoms with Crippen LogP contribution in [0.3, 0.4) is 0 Å². The van der Waals surface area contributed by atoms with E-state index in [0.29, 0.717) is 6.08 Å². The summed E-state index contributed by atoms with van der Waals surface area (Å²) in [7, 11) is -4.07. The summed E-state index contributed by atoms with van der Waals surface area (Å²) in [6.45, 7) is 0. The van der Waals surface area contributed by atoms with Crippen LogP contribution in [0.4, 0.5) is 13.2 Å². The Labute approximate surface area is 116 Å². The van der Waals surface area contributed by atoms with Gasteiger partial charge in [0.05, 0.1) is 10.5 Å². The molecule has 10 heteroatoms. The monoisotopic (exact) mass is 323 g/mol. The van der Waals surface area contributed by atoms with Crippen LogP contribution in [-0.2, 0) is 14.8 Å². The Balaban J connectivity index is 2.59. The highest BCUT2D eigenvalue weighted by Gasteiger charge is 2.48. The number of hydrogen-bond donors (Lipinski definition) is 2. The van der Waals surface area contributed by atoms with Crippen molar-refractivity contribution in [3.8, 4) is 5.75 Å². The van der Waals surface area contributed by atoms with E-state index >= 15 is 0 Å². The average molecular weight is 323 g/mol. The van der Waals surface area contributed by atoms with E-state index in [9.17, 15) is 26.4 Å². The van der Waals surface area contributed by atoms with Crippen molar-refractivity contribution in [2.45, 2.75) is 17.2 Å². The third-order valence-corrected chi connectivity index (χ3v) is 3.60. The normalized spacial score (nSPS) is 18.5. The minimum Gasteiger partial charge on any atom is -0.478 e. The summed E-state index contributed by atoms with van der Waals surface area (Å²) in [6, 6.07) is 2.91. The van der Waals surface area contributed by atoms with Gasteiger partial charge in [0.25, 0.3) is 0 Å². The zero-order valence-electron chi connectivity index (χ0n) is 10.1.